The number of H-pyrrole nitrogens is 3. The Labute approximate surface area is 517 Å². The normalized spacial score (nSPS) is 28.9. The fraction of sp³-hybridized carbons (Fsp3) is 0.493. The Kier molecular flexibility index (Phi) is 12.7. The van der Waals surface area contributed by atoms with Crippen molar-refractivity contribution in [1.82, 2.24) is 39.7 Å². The molecule has 11 aliphatic rings. The van der Waals surface area contributed by atoms with Crippen LogP contribution in [0.25, 0.3) is 61.6 Å². The molecule has 4 aromatic carbocycles. The van der Waals surface area contributed by atoms with E-state index in [2.05, 4.69) is 93.9 Å². The van der Waals surface area contributed by atoms with Gasteiger partial charge in [0.1, 0.15) is 28.7 Å². The number of aliphatic imine (C=N–C) groups is 1. The van der Waals surface area contributed by atoms with Crippen molar-refractivity contribution in [3.63, 3.8) is 0 Å². The average molecular weight is 1170 g/mol. The highest BCUT2D eigenvalue weighted by atomic mass is 16.6. The third kappa shape index (κ3) is 10.1. The lowest BCUT2D eigenvalue weighted by Crippen LogP contribution is -2.45. The van der Waals surface area contributed by atoms with E-state index >= 15 is 0 Å². The highest BCUT2D eigenvalue weighted by Crippen LogP contribution is 2.59. The Hall–Kier alpha value is -7.54. The minimum atomic E-state index is -0.515. The molecule has 18 rings (SSSR count). The summed E-state index contributed by atoms with van der Waals surface area (Å²) in [6.07, 6.45) is 27.5. The second kappa shape index (κ2) is 20.5. The molecular formula is C75H83N9O4. The summed E-state index contributed by atoms with van der Waals surface area (Å²) in [5, 5.41) is 0. The number of ether oxygens (including phenoxy) is 2. The first-order valence-corrected chi connectivity index (χ1v) is 33.5. The number of allylic oxidation sites excluding steroid dienone is 1. The number of hydrogen-bond acceptors (Lipinski definition) is 8. The van der Waals surface area contributed by atoms with Crippen LogP contribution in [0.2, 0.25) is 0 Å². The van der Waals surface area contributed by atoms with Crippen molar-refractivity contribution >= 4 is 23.5 Å². The molecule has 3 aliphatic heterocycles. The molecule has 13 nitrogen and oxygen atoms in total. The first-order chi connectivity index (χ1) is 42.6. The molecule has 0 radical (unpaired) electrons. The summed E-state index contributed by atoms with van der Waals surface area (Å²) >= 11 is 0. The maximum atomic E-state index is 13.1. The van der Waals surface area contributed by atoms with Crippen molar-refractivity contribution in [2.45, 2.75) is 198 Å². The molecule has 6 heterocycles. The van der Waals surface area contributed by atoms with E-state index in [0.717, 1.165) is 116 Å². The van der Waals surface area contributed by atoms with E-state index in [-0.39, 0.29) is 30.3 Å². The predicted octanol–water partition coefficient (Wildman–Crippen LogP) is 16.5. The number of aromatic nitrogens is 6. The van der Waals surface area contributed by atoms with Gasteiger partial charge in [-0.15, -0.1) is 0 Å². The smallest absolute Gasteiger partial charge is 0.411 e. The largest absolute Gasteiger partial charge is 0.444 e. The van der Waals surface area contributed by atoms with Crippen LogP contribution < -0.4 is 0 Å². The fourth-order valence-corrected chi connectivity index (χ4v) is 17.4. The van der Waals surface area contributed by atoms with E-state index in [4.69, 9.17) is 29.4 Å². The molecule has 7 aromatic rings. The van der Waals surface area contributed by atoms with Crippen molar-refractivity contribution in [2.75, 3.05) is 0 Å². The molecule has 12 atom stereocenters. The van der Waals surface area contributed by atoms with Gasteiger partial charge in [0.05, 0.1) is 47.8 Å². The van der Waals surface area contributed by atoms with Crippen molar-refractivity contribution < 1.29 is 19.1 Å². The second-order valence-electron chi connectivity index (χ2n) is 30.4. The van der Waals surface area contributed by atoms with Crippen molar-refractivity contribution in [3.05, 3.63) is 143 Å². The fourth-order valence-electron chi connectivity index (χ4n) is 17.4. The lowest BCUT2D eigenvalue weighted by molar-refractivity contribution is 0.0173. The average Bonchev–Trinajstić information content (AvgIpc) is 1.73. The number of fused-ring (bicyclic) bond motifs is 6. The number of aryl methyl sites for hydroxylation is 1. The Bertz CT molecular complexity index is 3980. The summed E-state index contributed by atoms with van der Waals surface area (Å²) in [4.78, 5) is 60.4. The molecular weight excluding hydrogens is 1090 g/mol. The van der Waals surface area contributed by atoms with Crippen LogP contribution in [0, 0.1) is 35.5 Å². The number of carbonyl (C=O) groups is 2. The molecule has 88 heavy (non-hydrogen) atoms. The summed E-state index contributed by atoms with van der Waals surface area (Å²) in [6, 6.07) is 28.0. The zero-order chi connectivity index (χ0) is 59.5. The Morgan fingerprint density at radius 1 is 0.466 bits per heavy atom. The Morgan fingerprint density at radius 2 is 0.932 bits per heavy atom. The van der Waals surface area contributed by atoms with Gasteiger partial charge in [0.25, 0.3) is 0 Å². The van der Waals surface area contributed by atoms with Gasteiger partial charge in [-0.05, 0) is 259 Å². The number of carbonyl (C=O) groups excluding carboxylic acids is 2. The highest BCUT2D eigenvalue weighted by molar-refractivity contribution is 6.04. The SMILES string of the molecule is CC(C)(C)OC(=O)N1[C@@H]2C[C@@H]2C[C@H]1C1=NC=C(c2ccc(-c3ccc(-c4cnc(C5C[C@@H]6C[C@@H]6C5)[nH]4)cc3)c3c2CCC3)C1.CC(C)(C)OC(=O)N1[C@@H]2C[C@@H]2C[C@H]1c1ncc(-c2cc3c(c(-c4ccc(-c5cnc(C6C[C@@H]7C[C@@H]7C6)[nH]5)cc4)c2)CCC3)[nH]1. The van der Waals surface area contributed by atoms with Gasteiger partial charge in [-0.1, -0.05) is 60.7 Å². The molecule has 3 aromatic heterocycles. The topological polar surface area (TPSA) is 157 Å². The molecule has 2 amide bonds. The highest BCUT2D eigenvalue weighted by Gasteiger charge is 2.58. The minimum Gasteiger partial charge on any atom is -0.444 e. The summed E-state index contributed by atoms with van der Waals surface area (Å²) in [5.41, 5.74) is 20.6. The summed E-state index contributed by atoms with van der Waals surface area (Å²) in [6.45, 7) is 11.6. The number of likely N-dealkylation sites (tertiary alicyclic amines) is 2. The zero-order valence-corrected chi connectivity index (χ0v) is 52.0. The first-order valence-electron chi connectivity index (χ1n) is 33.5. The van der Waals surface area contributed by atoms with E-state index < -0.39 is 11.2 Å². The third-order valence-electron chi connectivity index (χ3n) is 22.1. The first kappa shape index (κ1) is 54.6. The van der Waals surface area contributed by atoms with E-state index in [0.29, 0.717) is 29.7 Å². The molecule has 8 aliphatic carbocycles. The van der Waals surface area contributed by atoms with Crippen LogP contribution in [0.15, 0.2) is 103 Å². The van der Waals surface area contributed by atoms with Gasteiger partial charge in [0.15, 0.2) is 0 Å². The third-order valence-corrected chi connectivity index (χ3v) is 22.1. The number of benzene rings is 4. The maximum Gasteiger partial charge on any atom is 0.411 e. The van der Waals surface area contributed by atoms with Gasteiger partial charge < -0.3 is 24.4 Å². The van der Waals surface area contributed by atoms with E-state index in [1.54, 1.807) is 0 Å². The number of imidazole rings is 3. The number of amides is 2. The van der Waals surface area contributed by atoms with Gasteiger partial charge in [-0.2, -0.15) is 0 Å². The van der Waals surface area contributed by atoms with Gasteiger partial charge in [-0.25, -0.2) is 24.5 Å². The van der Waals surface area contributed by atoms with Gasteiger partial charge in [0.2, 0.25) is 0 Å². The monoisotopic (exact) mass is 1170 g/mol. The molecule has 0 bridgehead atoms. The number of rotatable bonds is 10. The van der Waals surface area contributed by atoms with Crippen LogP contribution in [0.5, 0.6) is 0 Å². The van der Waals surface area contributed by atoms with E-state index in [9.17, 15) is 9.59 Å². The lowest BCUT2D eigenvalue weighted by Gasteiger charge is -2.30. The number of aromatic amines is 3. The van der Waals surface area contributed by atoms with Crippen LogP contribution >= 0.6 is 0 Å². The molecule has 2 unspecified atom stereocenters. The van der Waals surface area contributed by atoms with E-state index in [1.807, 2.05) is 69.9 Å². The molecule has 2 saturated heterocycles. The van der Waals surface area contributed by atoms with Gasteiger partial charge in [-0.3, -0.25) is 14.8 Å². The molecule has 452 valence electrons. The number of nitrogens with zero attached hydrogens (tertiary/aromatic N) is 6. The van der Waals surface area contributed by atoms with E-state index in [1.165, 1.54) is 130 Å². The van der Waals surface area contributed by atoms with Crippen LogP contribution in [0.1, 0.15) is 188 Å². The molecule has 13 heteroatoms. The number of piperidine rings is 2. The molecule has 8 fully saturated rings. The van der Waals surface area contributed by atoms with Gasteiger partial charge in [0, 0.05) is 47.8 Å². The van der Waals surface area contributed by atoms with Crippen molar-refractivity contribution in [3.8, 4) is 56.0 Å². The minimum absolute atomic E-state index is 0.0583. The number of nitrogens with one attached hydrogen (secondary N) is 3. The Morgan fingerprint density at radius 3 is 1.51 bits per heavy atom. The molecule has 0 spiro atoms. The van der Waals surface area contributed by atoms with Crippen LogP contribution in [0.3, 0.4) is 0 Å². The summed E-state index contributed by atoms with van der Waals surface area (Å²) in [5.74, 6) is 9.44. The lowest BCUT2D eigenvalue weighted by atomic mass is 9.89. The standard InChI is InChI=1S/C38H42N4O2.C37H41N5O2/c1-38(2,3)44-37(43)42-34-17-25(34)18-35(42)32-16-27(19-39-32)29-12-11-28(30-5-4-6-31(29)30)21-7-9-22(10-8-21)33-20-40-36(41-33)26-14-23-13-24(23)15-26;1-37(2,3)44-36(43)42-32-16-26(32)17-33(42)35-39-19-31(41-35)25-11-22-5-4-6-28(22)29(15-25)20-7-9-21(10-8-20)30-18-38-34(40-30)27-13-23-12-24(23)14-27/h7-12,19-20,23-26,34-35H,4-6,13-18H2,1-3H3,(H,40,41);7-11,15,18-19,23-24,26-27,32-33H,4-6,12-14,16-17H2,1-3H3,(H,38,40)(H,39,41)/t23-,24+,25-,26?,34-,35+;23-,24+,26-,27?,32-,33+/m11/s1. The van der Waals surface area contributed by atoms with Crippen LogP contribution in [-0.4, -0.2) is 86.9 Å². The maximum absolute atomic E-state index is 13.1. The Balaban J connectivity index is 0.000000137. The number of hydrogen-bond donors (Lipinski definition) is 3. The quantitative estimate of drug-likeness (QED) is 0.123. The van der Waals surface area contributed by atoms with Crippen LogP contribution in [0.4, 0.5) is 9.59 Å². The van der Waals surface area contributed by atoms with Crippen molar-refractivity contribution in [1.29, 1.82) is 0 Å². The second-order valence-corrected chi connectivity index (χ2v) is 30.4. The summed E-state index contributed by atoms with van der Waals surface area (Å²) in [7, 11) is 0. The van der Waals surface area contributed by atoms with Gasteiger partial charge >= 0.3 is 12.2 Å². The zero-order valence-electron chi connectivity index (χ0n) is 52.0. The molecule has 3 N–H and O–H groups in total. The van der Waals surface area contributed by atoms with Crippen LogP contribution in [-0.2, 0) is 35.2 Å². The predicted molar refractivity (Wildman–Crippen MR) is 343 cm³/mol. The van der Waals surface area contributed by atoms with Crippen molar-refractivity contribution in [2.24, 2.45) is 40.5 Å². The summed E-state index contributed by atoms with van der Waals surface area (Å²) < 4.78 is 11.6. The molecule has 6 saturated carbocycles.